The van der Waals surface area contributed by atoms with Crippen LogP contribution in [0.15, 0.2) is 22.5 Å². The van der Waals surface area contributed by atoms with Gasteiger partial charge in [-0.25, -0.2) is 0 Å². The van der Waals surface area contributed by atoms with Gasteiger partial charge in [-0.1, -0.05) is 11.3 Å². The lowest BCUT2D eigenvalue weighted by Crippen LogP contribution is -2.16. The molecule has 7 heteroatoms. The zero-order valence-electron chi connectivity index (χ0n) is 10.4. The molecule has 1 aliphatic rings. The van der Waals surface area contributed by atoms with Gasteiger partial charge in [0.15, 0.2) is 11.5 Å². The van der Waals surface area contributed by atoms with Gasteiger partial charge in [0.05, 0.1) is 0 Å². The molecule has 3 rings (SSSR count). The molecule has 0 fully saturated rings. The molecule has 100 valence electrons. The molecule has 0 saturated carbocycles. The van der Waals surface area contributed by atoms with Crippen molar-refractivity contribution >= 4 is 28.2 Å². The van der Waals surface area contributed by atoms with E-state index in [-0.39, 0.29) is 0 Å². The van der Waals surface area contributed by atoms with Gasteiger partial charge in [-0.05, 0) is 24.0 Å². The Morgan fingerprint density at radius 1 is 1.32 bits per heavy atom. The van der Waals surface area contributed by atoms with Gasteiger partial charge >= 0.3 is 0 Å². The van der Waals surface area contributed by atoms with Gasteiger partial charge in [-0.15, -0.1) is 22.0 Å². The standard InChI is InChI=1S/C12H13N3O2S2/c1-18-11-5-10-9(16-2-3-17-10)4-8(11)6-13-12-15-14-7-19-12/h4-5,7H,2-3,6H2,1H3,(H,13,15). The minimum atomic E-state index is 0.606. The monoisotopic (exact) mass is 295 g/mol. The summed E-state index contributed by atoms with van der Waals surface area (Å²) in [6.07, 6.45) is 2.06. The maximum absolute atomic E-state index is 5.61. The summed E-state index contributed by atoms with van der Waals surface area (Å²) in [5, 5.41) is 11.9. The van der Waals surface area contributed by atoms with E-state index in [0.717, 1.165) is 16.6 Å². The lowest BCUT2D eigenvalue weighted by Gasteiger charge is -2.20. The second-order valence-electron chi connectivity index (χ2n) is 3.91. The summed E-state index contributed by atoms with van der Waals surface area (Å²) >= 11 is 3.19. The Hall–Kier alpha value is -1.47. The third-order valence-electron chi connectivity index (χ3n) is 2.74. The number of hydrogen-bond donors (Lipinski definition) is 1. The molecule has 0 bridgehead atoms. The van der Waals surface area contributed by atoms with Gasteiger partial charge in [0.2, 0.25) is 5.13 Å². The number of ether oxygens (including phenoxy) is 2. The number of benzene rings is 1. The first-order valence-corrected chi connectivity index (χ1v) is 7.94. The van der Waals surface area contributed by atoms with Crippen LogP contribution in [-0.4, -0.2) is 29.7 Å². The topological polar surface area (TPSA) is 56.3 Å². The highest BCUT2D eigenvalue weighted by molar-refractivity contribution is 7.98. The molecule has 0 aliphatic carbocycles. The predicted octanol–water partition coefficient (Wildman–Crippen LogP) is 2.64. The van der Waals surface area contributed by atoms with Crippen molar-refractivity contribution in [3.05, 3.63) is 23.2 Å². The van der Waals surface area contributed by atoms with E-state index in [1.165, 1.54) is 21.8 Å². The molecule has 0 atom stereocenters. The number of hydrogen-bond acceptors (Lipinski definition) is 7. The zero-order chi connectivity index (χ0) is 13.1. The zero-order valence-corrected chi connectivity index (χ0v) is 12.0. The van der Waals surface area contributed by atoms with Crippen LogP contribution in [0.3, 0.4) is 0 Å². The quantitative estimate of drug-likeness (QED) is 0.875. The van der Waals surface area contributed by atoms with Gasteiger partial charge in [-0.3, -0.25) is 0 Å². The van der Waals surface area contributed by atoms with Crippen molar-refractivity contribution in [2.75, 3.05) is 24.8 Å². The SMILES string of the molecule is CSc1cc2c(cc1CNc1nncs1)OCCO2. The van der Waals surface area contributed by atoms with Crippen molar-refractivity contribution in [3.63, 3.8) is 0 Å². The van der Waals surface area contributed by atoms with E-state index in [2.05, 4.69) is 21.8 Å². The highest BCUT2D eigenvalue weighted by Crippen LogP contribution is 2.36. The fourth-order valence-electron chi connectivity index (χ4n) is 1.86. The Kier molecular flexibility index (Phi) is 3.74. The van der Waals surface area contributed by atoms with Crippen molar-refractivity contribution in [2.45, 2.75) is 11.4 Å². The summed E-state index contributed by atoms with van der Waals surface area (Å²) in [7, 11) is 0. The van der Waals surface area contributed by atoms with E-state index in [4.69, 9.17) is 9.47 Å². The first-order valence-electron chi connectivity index (χ1n) is 5.83. The molecule has 0 saturated heterocycles. The molecule has 5 nitrogen and oxygen atoms in total. The number of fused-ring (bicyclic) bond motifs is 1. The second kappa shape index (κ2) is 5.66. The number of rotatable bonds is 4. The van der Waals surface area contributed by atoms with Crippen LogP contribution in [-0.2, 0) is 6.54 Å². The van der Waals surface area contributed by atoms with E-state index in [1.807, 2.05) is 12.1 Å². The normalized spacial score (nSPS) is 13.3. The van der Waals surface area contributed by atoms with E-state index in [9.17, 15) is 0 Å². The number of anilines is 1. The van der Waals surface area contributed by atoms with Crippen molar-refractivity contribution in [2.24, 2.45) is 0 Å². The maximum Gasteiger partial charge on any atom is 0.205 e. The predicted molar refractivity (Wildman–Crippen MR) is 76.4 cm³/mol. The van der Waals surface area contributed by atoms with E-state index < -0.39 is 0 Å². The van der Waals surface area contributed by atoms with Gasteiger partial charge in [0, 0.05) is 11.4 Å². The van der Waals surface area contributed by atoms with Crippen LogP contribution in [0.5, 0.6) is 11.5 Å². The van der Waals surface area contributed by atoms with Crippen molar-refractivity contribution < 1.29 is 9.47 Å². The molecule has 0 spiro atoms. The summed E-state index contributed by atoms with van der Waals surface area (Å²) in [4.78, 5) is 1.18. The van der Waals surface area contributed by atoms with Crippen molar-refractivity contribution in [1.82, 2.24) is 10.2 Å². The van der Waals surface area contributed by atoms with Crippen LogP contribution in [0.1, 0.15) is 5.56 Å². The molecule has 19 heavy (non-hydrogen) atoms. The van der Waals surface area contributed by atoms with Gasteiger partial charge < -0.3 is 14.8 Å². The highest BCUT2D eigenvalue weighted by atomic mass is 32.2. The van der Waals surface area contributed by atoms with Crippen LogP contribution in [0, 0.1) is 0 Å². The minimum Gasteiger partial charge on any atom is -0.486 e. The largest absolute Gasteiger partial charge is 0.486 e. The molecule has 2 heterocycles. The molecule has 1 aromatic carbocycles. The third-order valence-corrected chi connectivity index (χ3v) is 4.20. The maximum atomic E-state index is 5.61. The fraction of sp³-hybridized carbons (Fsp3) is 0.333. The van der Waals surface area contributed by atoms with Crippen LogP contribution >= 0.6 is 23.1 Å². The molecule has 0 unspecified atom stereocenters. The average molecular weight is 295 g/mol. The summed E-state index contributed by atoms with van der Waals surface area (Å²) in [6.45, 7) is 1.92. The first-order chi connectivity index (χ1) is 9.36. The molecule has 0 radical (unpaired) electrons. The summed E-state index contributed by atoms with van der Waals surface area (Å²) < 4.78 is 11.2. The minimum absolute atomic E-state index is 0.606. The average Bonchev–Trinajstić information content (AvgIpc) is 2.97. The first kappa shape index (κ1) is 12.6. The second-order valence-corrected chi connectivity index (χ2v) is 5.59. The summed E-state index contributed by atoms with van der Waals surface area (Å²) in [5.74, 6) is 1.65. The molecular formula is C12H13N3O2S2. The Balaban J connectivity index is 1.82. The number of nitrogens with zero attached hydrogens (tertiary/aromatic N) is 2. The van der Waals surface area contributed by atoms with Crippen LogP contribution in [0.2, 0.25) is 0 Å². The number of aromatic nitrogens is 2. The Morgan fingerprint density at radius 2 is 2.11 bits per heavy atom. The summed E-state index contributed by atoms with van der Waals surface area (Å²) in [5.41, 5.74) is 2.88. The molecule has 1 N–H and O–H groups in total. The molecule has 2 aromatic rings. The van der Waals surface area contributed by atoms with Gasteiger partial charge in [-0.2, -0.15) is 0 Å². The van der Waals surface area contributed by atoms with E-state index in [0.29, 0.717) is 19.8 Å². The summed E-state index contributed by atoms with van der Waals surface area (Å²) in [6, 6.07) is 4.07. The molecular weight excluding hydrogens is 282 g/mol. The molecule has 1 aliphatic heterocycles. The Labute approximate surface area is 119 Å². The highest BCUT2D eigenvalue weighted by Gasteiger charge is 2.15. The van der Waals surface area contributed by atoms with Crippen molar-refractivity contribution in [1.29, 1.82) is 0 Å². The Bertz CT molecular complexity index is 560. The van der Waals surface area contributed by atoms with Gasteiger partial charge in [0.25, 0.3) is 0 Å². The number of thioether (sulfide) groups is 1. The lowest BCUT2D eigenvalue weighted by atomic mass is 10.2. The fourth-order valence-corrected chi connectivity index (χ4v) is 2.92. The van der Waals surface area contributed by atoms with E-state index >= 15 is 0 Å². The molecule has 1 aromatic heterocycles. The van der Waals surface area contributed by atoms with Crippen LogP contribution < -0.4 is 14.8 Å². The van der Waals surface area contributed by atoms with Crippen LogP contribution in [0.25, 0.3) is 0 Å². The number of nitrogens with one attached hydrogen (secondary N) is 1. The molecule has 0 amide bonds. The smallest absolute Gasteiger partial charge is 0.205 e. The Morgan fingerprint density at radius 3 is 2.79 bits per heavy atom. The third kappa shape index (κ3) is 2.76. The van der Waals surface area contributed by atoms with Crippen molar-refractivity contribution in [3.8, 4) is 11.5 Å². The van der Waals surface area contributed by atoms with Gasteiger partial charge in [0.1, 0.15) is 18.7 Å². The lowest BCUT2D eigenvalue weighted by molar-refractivity contribution is 0.171. The van der Waals surface area contributed by atoms with Crippen LogP contribution in [0.4, 0.5) is 5.13 Å². The van der Waals surface area contributed by atoms with E-state index in [1.54, 1.807) is 17.3 Å².